The van der Waals surface area contributed by atoms with Gasteiger partial charge in [-0.3, -0.25) is 4.79 Å². The van der Waals surface area contributed by atoms with E-state index in [0.29, 0.717) is 12.0 Å². The molecule has 78 valence electrons. The number of benzene rings is 1. The lowest BCUT2D eigenvalue weighted by Gasteiger charge is -2.06. The number of rotatable bonds is 5. The maximum atomic E-state index is 11.7. The lowest BCUT2D eigenvalue weighted by Crippen LogP contribution is -2.07. The summed E-state index contributed by atoms with van der Waals surface area (Å²) < 4.78 is 0. The molecule has 1 rings (SSSR count). The van der Waals surface area contributed by atoms with Crippen molar-refractivity contribution in [3.63, 3.8) is 0 Å². The van der Waals surface area contributed by atoms with E-state index in [9.17, 15) is 4.79 Å². The van der Waals surface area contributed by atoms with Crippen LogP contribution < -0.4 is 0 Å². The molecule has 1 aromatic rings. The van der Waals surface area contributed by atoms with Gasteiger partial charge in [-0.1, -0.05) is 43.7 Å². The van der Waals surface area contributed by atoms with Crippen molar-refractivity contribution in [1.82, 2.24) is 0 Å². The molecular formula is C13H15NO. The summed E-state index contributed by atoms with van der Waals surface area (Å²) in [6, 6.07) is 11.3. The Balaban J connectivity index is 2.60. The molecule has 0 N–H and O–H groups in total. The molecule has 0 aliphatic heterocycles. The summed E-state index contributed by atoms with van der Waals surface area (Å²) in [5.74, 6) is -0.0710. The van der Waals surface area contributed by atoms with Gasteiger partial charge < -0.3 is 0 Å². The summed E-state index contributed by atoms with van der Waals surface area (Å²) >= 11 is 0. The van der Waals surface area contributed by atoms with E-state index in [0.717, 1.165) is 12.8 Å². The summed E-state index contributed by atoms with van der Waals surface area (Å²) in [6.45, 7) is 2.03. The largest absolute Gasteiger partial charge is 0.294 e. The molecule has 0 bridgehead atoms. The molecule has 0 fully saturated rings. The Hall–Kier alpha value is -1.62. The van der Waals surface area contributed by atoms with Crippen LogP contribution in [-0.2, 0) is 0 Å². The van der Waals surface area contributed by atoms with Crippen molar-refractivity contribution in [2.24, 2.45) is 5.92 Å². The molecule has 1 aromatic carbocycles. The fraction of sp³-hybridized carbons (Fsp3) is 0.385. The quantitative estimate of drug-likeness (QED) is 0.686. The third kappa shape index (κ3) is 3.55. The van der Waals surface area contributed by atoms with Gasteiger partial charge in [-0.2, -0.15) is 5.26 Å². The molecule has 0 aliphatic carbocycles. The maximum absolute atomic E-state index is 11.7. The molecule has 0 aromatic heterocycles. The number of ketones is 1. The first-order chi connectivity index (χ1) is 7.27. The van der Waals surface area contributed by atoms with Crippen LogP contribution in [-0.4, -0.2) is 5.78 Å². The highest BCUT2D eigenvalue weighted by Crippen LogP contribution is 2.14. The average molecular weight is 201 g/mol. The van der Waals surface area contributed by atoms with Gasteiger partial charge >= 0.3 is 0 Å². The van der Waals surface area contributed by atoms with Gasteiger partial charge in [-0.15, -0.1) is 0 Å². The molecule has 0 saturated carbocycles. The Morgan fingerprint density at radius 2 is 2.07 bits per heavy atom. The van der Waals surface area contributed by atoms with E-state index in [-0.39, 0.29) is 11.7 Å². The topological polar surface area (TPSA) is 40.9 Å². The van der Waals surface area contributed by atoms with Gasteiger partial charge in [0.05, 0.1) is 12.0 Å². The van der Waals surface area contributed by atoms with Crippen molar-refractivity contribution in [1.29, 1.82) is 5.26 Å². The number of nitriles is 1. The van der Waals surface area contributed by atoms with E-state index in [1.165, 1.54) is 0 Å². The monoisotopic (exact) mass is 201 g/mol. The molecule has 0 saturated heterocycles. The van der Waals surface area contributed by atoms with Crippen LogP contribution in [0.5, 0.6) is 0 Å². The lowest BCUT2D eigenvalue weighted by molar-refractivity contribution is 0.0968. The van der Waals surface area contributed by atoms with Gasteiger partial charge in [0.15, 0.2) is 5.78 Å². The van der Waals surface area contributed by atoms with Crippen molar-refractivity contribution in [2.75, 3.05) is 0 Å². The van der Waals surface area contributed by atoms with Gasteiger partial charge in [-0.05, 0) is 6.42 Å². The predicted molar refractivity (Wildman–Crippen MR) is 59.4 cm³/mol. The van der Waals surface area contributed by atoms with Gasteiger partial charge in [0.2, 0.25) is 0 Å². The molecular weight excluding hydrogens is 186 g/mol. The number of carbonyl (C=O) groups is 1. The molecule has 2 heteroatoms. The Bertz CT molecular complexity index is 351. The molecule has 0 aliphatic rings. The SMILES string of the molecule is CCCC(C#N)CC(=O)c1ccccc1. The standard InChI is InChI=1S/C13H15NO/c1-2-6-11(10-14)9-13(15)12-7-4-3-5-8-12/h3-5,7-8,11H,2,6,9H2,1H3. The van der Waals surface area contributed by atoms with E-state index in [2.05, 4.69) is 6.07 Å². The van der Waals surface area contributed by atoms with Crippen LogP contribution in [0.4, 0.5) is 0 Å². The molecule has 2 nitrogen and oxygen atoms in total. The summed E-state index contributed by atoms with van der Waals surface area (Å²) in [5, 5.41) is 8.85. The van der Waals surface area contributed by atoms with Crippen LogP contribution >= 0.6 is 0 Å². The van der Waals surface area contributed by atoms with Crippen molar-refractivity contribution in [3.05, 3.63) is 35.9 Å². The minimum absolute atomic E-state index is 0.0654. The highest BCUT2D eigenvalue weighted by molar-refractivity contribution is 5.96. The Labute approximate surface area is 90.5 Å². The molecule has 0 amide bonds. The maximum Gasteiger partial charge on any atom is 0.164 e. The van der Waals surface area contributed by atoms with Crippen LogP contribution in [0.15, 0.2) is 30.3 Å². The van der Waals surface area contributed by atoms with Gasteiger partial charge in [0.25, 0.3) is 0 Å². The van der Waals surface area contributed by atoms with E-state index in [4.69, 9.17) is 5.26 Å². The highest BCUT2D eigenvalue weighted by atomic mass is 16.1. The van der Waals surface area contributed by atoms with E-state index < -0.39 is 0 Å². The van der Waals surface area contributed by atoms with Crippen molar-refractivity contribution in [3.8, 4) is 6.07 Å². The third-order valence-corrected chi connectivity index (χ3v) is 2.35. The normalized spacial score (nSPS) is 11.7. The zero-order valence-corrected chi connectivity index (χ0v) is 8.94. The van der Waals surface area contributed by atoms with E-state index in [1.54, 1.807) is 12.1 Å². The van der Waals surface area contributed by atoms with Crippen LogP contribution in [0.25, 0.3) is 0 Å². The molecule has 1 atom stereocenters. The van der Waals surface area contributed by atoms with Crippen molar-refractivity contribution < 1.29 is 4.79 Å². The van der Waals surface area contributed by atoms with Gasteiger partial charge in [-0.25, -0.2) is 0 Å². The van der Waals surface area contributed by atoms with E-state index in [1.807, 2.05) is 25.1 Å². The van der Waals surface area contributed by atoms with Crippen LogP contribution in [0.3, 0.4) is 0 Å². The predicted octanol–water partition coefficient (Wildman–Crippen LogP) is 3.20. The van der Waals surface area contributed by atoms with Crippen LogP contribution in [0, 0.1) is 17.2 Å². The second-order valence-electron chi connectivity index (χ2n) is 3.61. The fourth-order valence-electron chi connectivity index (χ4n) is 1.53. The number of Topliss-reactive ketones (excluding diaryl/α,β-unsaturated/α-hetero) is 1. The molecule has 0 heterocycles. The number of carbonyl (C=O) groups excluding carboxylic acids is 1. The average Bonchev–Trinajstić information content (AvgIpc) is 2.29. The van der Waals surface area contributed by atoms with Gasteiger partial charge in [0, 0.05) is 12.0 Å². The lowest BCUT2D eigenvalue weighted by atomic mass is 9.96. The molecule has 0 spiro atoms. The fourth-order valence-corrected chi connectivity index (χ4v) is 1.53. The summed E-state index contributed by atoms with van der Waals surface area (Å²) in [7, 11) is 0. The van der Waals surface area contributed by atoms with Crippen LogP contribution in [0.2, 0.25) is 0 Å². The first-order valence-corrected chi connectivity index (χ1v) is 5.25. The summed E-state index contributed by atoms with van der Waals surface area (Å²) in [5.41, 5.74) is 0.703. The van der Waals surface area contributed by atoms with Crippen LogP contribution in [0.1, 0.15) is 36.5 Å². The van der Waals surface area contributed by atoms with Gasteiger partial charge in [0.1, 0.15) is 0 Å². The van der Waals surface area contributed by atoms with Crippen molar-refractivity contribution >= 4 is 5.78 Å². The number of hydrogen-bond donors (Lipinski definition) is 0. The zero-order chi connectivity index (χ0) is 11.1. The first-order valence-electron chi connectivity index (χ1n) is 5.25. The first kappa shape index (κ1) is 11.5. The smallest absolute Gasteiger partial charge is 0.164 e. The Morgan fingerprint density at radius 3 is 2.60 bits per heavy atom. The summed E-state index contributed by atoms with van der Waals surface area (Å²) in [4.78, 5) is 11.7. The van der Waals surface area contributed by atoms with Crippen molar-refractivity contribution in [2.45, 2.75) is 26.2 Å². The Kier molecular flexibility index (Phi) is 4.56. The molecule has 15 heavy (non-hydrogen) atoms. The number of hydrogen-bond acceptors (Lipinski definition) is 2. The number of nitrogens with zero attached hydrogens (tertiary/aromatic N) is 1. The minimum Gasteiger partial charge on any atom is -0.294 e. The molecule has 0 radical (unpaired) electrons. The van der Waals surface area contributed by atoms with E-state index >= 15 is 0 Å². The second kappa shape index (κ2) is 5.98. The zero-order valence-electron chi connectivity index (χ0n) is 8.94. The third-order valence-electron chi connectivity index (χ3n) is 2.35. The summed E-state index contributed by atoms with van der Waals surface area (Å²) in [6.07, 6.45) is 2.09. The minimum atomic E-state index is -0.136. The molecule has 1 unspecified atom stereocenters. The Morgan fingerprint density at radius 1 is 1.40 bits per heavy atom. The highest BCUT2D eigenvalue weighted by Gasteiger charge is 2.13. The second-order valence-corrected chi connectivity index (χ2v) is 3.61.